The van der Waals surface area contributed by atoms with Gasteiger partial charge in [0.05, 0.1) is 33.3 Å². The second-order valence-electron chi connectivity index (χ2n) is 13.9. The molecule has 55 heavy (non-hydrogen) atoms. The van der Waals surface area contributed by atoms with E-state index in [-0.39, 0.29) is 49.4 Å². The molecule has 4 atom stereocenters. The van der Waals surface area contributed by atoms with E-state index in [0.717, 1.165) is 16.7 Å². The summed E-state index contributed by atoms with van der Waals surface area (Å²) in [6.45, 7) is 9.22. The Balaban J connectivity index is 1.62. The number of aromatic nitrogens is 2. The van der Waals surface area contributed by atoms with E-state index >= 15 is 0 Å². The number of hydrogen-bond acceptors (Lipinski definition) is 11. The largest absolute Gasteiger partial charge is 0.497 e. The van der Waals surface area contributed by atoms with Crippen molar-refractivity contribution in [2.45, 2.75) is 83.6 Å². The Hall–Kier alpha value is -4.67. The van der Waals surface area contributed by atoms with Gasteiger partial charge in [-0.1, -0.05) is 54.6 Å². The van der Waals surface area contributed by atoms with E-state index in [4.69, 9.17) is 23.5 Å². The van der Waals surface area contributed by atoms with Crippen molar-refractivity contribution in [1.82, 2.24) is 14.2 Å². The molecule has 5 rings (SSSR count). The van der Waals surface area contributed by atoms with Crippen LogP contribution >= 0.6 is 7.87 Å². The molecule has 0 aliphatic carbocycles. The average Bonchev–Trinajstić information content (AvgIpc) is 3.55. The minimum atomic E-state index is -3.41. The molecule has 13 nitrogen and oxygen atoms in total. The van der Waals surface area contributed by atoms with E-state index in [0.29, 0.717) is 11.5 Å². The monoisotopic (exact) mass is 772 g/mol. The number of nitrogens with zero attached hydrogens (tertiary/aromatic N) is 4. The number of nitriles is 1. The first kappa shape index (κ1) is 41.5. The van der Waals surface area contributed by atoms with Crippen LogP contribution in [0, 0.1) is 11.3 Å². The molecule has 1 unspecified atom stereocenters. The van der Waals surface area contributed by atoms with Gasteiger partial charge in [0.1, 0.15) is 47.5 Å². The summed E-state index contributed by atoms with van der Waals surface area (Å²) >= 11 is 0. The molecule has 1 aliphatic heterocycles. The standard InChI is InChI=1S/C41H50N5O8P/c1-28(2)46(29(3)4)55(49,25-11-23-42)54-36-26-39(45-24-22-38(43-30(5)47)44-40(45)48)53-37(36)27-52-41(31-12-9-8-10-13-31,32-14-18-34(50-6)19-15-32)33-16-20-35(51-7)21-17-33/h8-10,12-22,24,28-29,36-37,39,49H,11,25-27H2,1-7H3/p+1/t36-,37+,39+,55?/m1/s1. The number of benzene rings is 3. The zero-order valence-corrected chi connectivity index (χ0v) is 33.3. The highest BCUT2D eigenvalue weighted by atomic mass is 31.2. The van der Waals surface area contributed by atoms with Gasteiger partial charge in [-0.15, -0.1) is 4.67 Å². The fraction of sp³-hybridized carbons (Fsp3) is 0.415. The lowest BCUT2D eigenvalue weighted by atomic mass is 9.80. The van der Waals surface area contributed by atoms with Gasteiger partial charge in [-0.25, -0.2) is 9.69 Å². The molecule has 2 heterocycles. The average molecular weight is 773 g/mol. The van der Waals surface area contributed by atoms with Gasteiger partial charge in [-0.2, -0.15) is 14.8 Å². The van der Waals surface area contributed by atoms with Gasteiger partial charge in [-0.3, -0.25) is 9.36 Å². The Morgan fingerprint density at radius 1 is 0.982 bits per heavy atom. The third-order valence-corrected chi connectivity index (χ3v) is 12.6. The number of ether oxygens (including phenoxy) is 4. The fourth-order valence-electron chi connectivity index (χ4n) is 7.25. The van der Waals surface area contributed by atoms with Crippen molar-refractivity contribution >= 4 is 19.6 Å². The lowest BCUT2D eigenvalue weighted by Gasteiger charge is -2.38. The maximum absolute atomic E-state index is 13.4. The van der Waals surface area contributed by atoms with Crippen LogP contribution in [0.15, 0.2) is 95.9 Å². The van der Waals surface area contributed by atoms with Gasteiger partial charge in [0.15, 0.2) is 0 Å². The molecule has 4 aromatic rings. The topological polar surface area (TPSA) is 157 Å². The van der Waals surface area contributed by atoms with Gasteiger partial charge in [0, 0.05) is 31.6 Å². The summed E-state index contributed by atoms with van der Waals surface area (Å²) in [4.78, 5) is 41.5. The molecule has 1 saturated heterocycles. The van der Waals surface area contributed by atoms with Crippen LogP contribution < -0.4 is 20.5 Å². The Kier molecular flexibility index (Phi) is 13.8. The molecule has 0 radical (unpaired) electrons. The van der Waals surface area contributed by atoms with Crippen molar-refractivity contribution in [1.29, 1.82) is 5.26 Å². The number of carbonyl (C=O) groups excluding carboxylic acids is 1. The summed E-state index contributed by atoms with van der Waals surface area (Å²) in [5, 5.41) is 12.2. The normalized spacial score (nSPS) is 18.3. The predicted octanol–water partition coefficient (Wildman–Crippen LogP) is 6.69. The van der Waals surface area contributed by atoms with Crippen LogP contribution in [0.2, 0.25) is 0 Å². The molecule has 1 aliphatic rings. The Bertz CT molecular complexity index is 1910. The van der Waals surface area contributed by atoms with Crippen molar-refractivity contribution in [2.75, 3.05) is 32.3 Å². The molecule has 1 amide bonds. The molecule has 0 saturated carbocycles. The second-order valence-corrected chi connectivity index (χ2v) is 16.3. The van der Waals surface area contributed by atoms with E-state index in [9.17, 15) is 19.7 Å². The van der Waals surface area contributed by atoms with Crippen molar-refractivity contribution in [2.24, 2.45) is 0 Å². The Labute approximate surface area is 323 Å². The zero-order valence-electron chi connectivity index (χ0n) is 32.4. The van der Waals surface area contributed by atoms with E-state index in [2.05, 4.69) is 16.4 Å². The SMILES string of the molecule is COc1ccc(C(OC[C@@H]2O[C@H](n3ccc(NC(C)=O)nc3=O)C[C@H]2O[P+](O)(CCC#N)N(C(C)C)C(C)C)(c2ccccc2)c2ccc(OC)cc2)cc1. The molecule has 0 spiro atoms. The number of anilines is 1. The summed E-state index contributed by atoms with van der Waals surface area (Å²) < 4.78 is 35.0. The summed E-state index contributed by atoms with van der Waals surface area (Å²) in [5.41, 5.74) is 0.657. The third kappa shape index (κ3) is 9.42. The maximum atomic E-state index is 13.4. The Morgan fingerprint density at radius 3 is 2.04 bits per heavy atom. The van der Waals surface area contributed by atoms with Gasteiger partial charge in [0.2, 0.25) is 5.91 Å². The predicted molar refractivity (Wildman–Crippen MR) is 211 cm³/mol. The summed E-state index contributed by atoms with van der Waals surface area (Å²) in [5.74, 6) is 1.12. The van der Waals surface area contributed by atoms with Crippen molar-refractivity contribution in [3.8, 4) is 17.6 Å². The van der Waals surface area contributed by atoms with Crippen molar-refractivity contribution in [3.63, 3.8) is 0 Å². The third-order valence-electron chi connectivity index (χ3n) is 9.50. The molecular weight excluding hydrogens is 721 g/mol. The maximum Gasteiger partial charge on any atom is 0.351 e. The molecule has 14 heteroatoms. The van der Waals surface area contributed by atoms with Gasteiger partial charge in [-0.05, 0) is 74.7 Å². The highest BCUT2D eigenvalue weighted by Crippen LogP contribution is 2.63. The molecular formula is C41H51N5O8P+. The number of methoxy groups -OCH3 is 2. The van der Waals surface area contributed by atoms with Gasteiger partial charge >= 0.3 is 13.6 Å². The molecule has 292 valence electrons. The Morgan fingerprint density at radius 2 is 1.55 bits per heavy atom. The fourth-order valence-corrected chi connectivity index (χ4v) is 10.2. The lowest BCUT2D eigenvalue weighted by molar-refractivity contribution is -0.114. The number of carbonyl (C=O) groups is 1. The summed E-state index contributed by atoms with van der Waals surface area (Å²) in [6, 6.07) is 28.7. The number of amides is 1. The van der Waals surface area contributed by atoms with E-state index < -0.39 is 37.6 Å². The van der Waals surface area contributed by atoms with Gasteiger partial charge < -0.3 is 24.3 Å². The van der Waals surface area contributed by atoms with Crippen LogP contribution in [0.1, 0.15) is 70.4 Å². The van der Waals surface area contributed by atoms with Gasteiger partial charge in [0.25, 0.3) is 0 Å². The second kappa shape index (κ2) is 18.3. The van der Waals surface area contributed by atoms with E-state index in [1.807, 2.05) is 111 Å². The van der Waals surface area contributed by atoms with Crippen LogP contribution in [0.5, 0.6) is 11.5 Å². The van der Waals surface area contributed by atoms with Crippen LogP contribution in [-0.2, 0) is 24.4 Å². The quantitative estimate of drug-likeness (QED) is 0.0871. The number of rotatable bonds is 17. The molecule has 3 aromatic carbocycles. The minimum absolute atomic E-state index is 0.0398. The van der Waals surface area contributed by atoms with Crippen LogP contribution in [-0.4, -0.2) is 76.3 Å². The first-order valence-electron chi connectivity index (χ1n) is 18.3. The molecule has 2 N–H and O–H groups in total. The highest BCUT2D eigenvalue weighted by molar-refractivity contribution is 7.63. The summed E-state index contributed by atoms with van der Waals surface area (Å²) in [6.07, 6.45) is -0.553. The number of hydrogen-bond donors (Lipinski definition) is 2. The smallest absolute Gasteiger partial charge is 0.351 e. The molecule has 0 bridgehead atoms. The number of nitrogens with one attached hydrogen (secondary N) is 1. The van der Waals surface area contributed by atoms with Crippen LogP contribution in [0.4, 0.5) is 5.82 Å². The highest BCUT2D eigenvalue weighted by Gasteiger charge is 2.54. The zero-order chi connectivity index (χ0) is 39.8. The van der Waals surface area contributed by atoms with E-state index in [1.54, 1.807) is 14.2 Å². The van der Waals surface area contributed by atoms with Crippen LogP contribution in [0.25, 0.3) is 0 Å². The van der Waals surface area contributed by atoms with E-state index in [1.165, 1.54) is 23.8 Å². The lowest BCUT2D eigenvalue weighted by Crippen LogP contribution is -2.42. The first-order valence-corrected chi connectivity index (χ1v) is 20.1. The molecule has 1 aromatic heterocycles. The van der Waals surface area contributed by atoms with Crippen LogP contribution in [0.3, 0.4) is 0 Å². The van der Waals surface area contributed by atoms with Crippen molar-refractivity contribution < 1.29 is 33.2 Å². The minimum Gasteiger partial charge on any atom is -0.497 e. The molecule has 1 fully saturated rings. The summed E-state index contributed by atoms with van der Waals surface area (Å²) in [7, 11) is -0.182. The van der Waals surface area contributed by atoms with Crippen molar-refractivity contribution in [3.05, 3.63) is 118 Å². The first-order chi connectivity index (χ1) is 26.3.